The largest absolute Gasteiger partial charge is 0.375 e. The molecule has 0 aromatic carbocycles. The molecule has 2 aliphatic heterocycles. The van der Waals surface area contributed by atoms with Crippen LogP contribution in [0.2, 0.25) is 0 Å². The van der Waals surface area contributed by atoms with E-state index in [1.165, 1.54) is 6.20 Å². The molecule has 128 valence electrons. The Morgan fingerprint density at radius 1 is 1.46 bits per heavy atom. The first kappa shape index (κ1) is 16.6. The van der Waals surface area contributed by atoms with Crippen LogP contribution in [0.25, 0.3) is 0 Å². The fraction of sp³-hybridized carbons (Fsp3) is 0.625. The summed E-state index contributed by atoms with van der Waals surface area (Å²) in [5.74, 6) is 0.621. The van der Waals surface area contributed by atoms with E-state index < -0.39 is 0 Å². The maximum absolute atomic E-state index is 11.8. The van der Waals surface area contributed by atoms with Crippen LogP contribution in [0.1, 0.15) is 18.5 Å². The van der Waals surface area contributed by atoms with Gasteiger partial charge in [-0.1, -0.05) is 0 Å². The molecule has 1 N–H and O–H groups in total. The van der Waals surface area contributed by atoms with Crippen molar-refractivity contribution >= 4 is 11.7 Å². The SMILES string of the molecule is CN(C)C(=O)C[C@H]1CN2C[C@H](Nc3nccnc3C#N)C[C@H]2CO1. The lowest BCUT2D eigenvalue weighted by Gasteiger charge is -2.35. The van der Waals surface area contributed by atoms with E-state index in [9.17, 15) is 4.79 Å². The van der Waals surface area contributed by atoms with E-state index in [1.54, 1.807) is 25.2 Å². The summed E-state index contributed by atoms with van der Waals surface area (Å²) in [4.78, 5) is 24.0. The first-order valence-electron chi connectivity index (χ1n) is 8.10. The number of rotatable bonds is 4. The molecule has 3 rings (SSSR count). The van der Waals surface area contributed by atoms with Crippen molar-refractivity contribution in [3.05, 3.63) is 18.1 Å². The topological polar surface area (TPSA) is 94.4 Å². The monoisotopic (exact) mass is 330 g/mol. The summed E-state index contributed by atoms with van der Waals surface area (Å²) in [5, 5.41) is 12.4. The van der Waals surface area contributed by atoms with Crippen LogP contribution in [0, 0.1) is 11.3 Å². The second-order valence-corrected chi connectivity index (χ2v) is 6.50. The molecule has 0 saturated carbocycles. The van der Waals surface area contributed by atoms with E-state index in [0.29, 0.717) is 30.6 Å². The Morgan fingerprint density at radius 2 is 2.25 bits per heavy atom. The normalized spacial score (nSPS) is 26.5. The van der Waals surface area contributed by atoms with E-state index in [1.807, 2.05) is 0 Å². The van der Waals surface area contributed by atoms with Crippen molar-refractivity contribution < 1.29 is 9.53 Å². The molecular formula is C16H22N6O2. The predicted molar refractivity (Wildman–Crippen MR) is 87.2 cm³/mol. The van der Waals surface area contributed by atoms with Crippen molar-refractivity contribution in [2.75, 3.05) is 39.1 Å². The highest BCUT2D eigenvalue weighted by atomic mass is 16.5. The Morgan fingerprint density at radius 3 is 3.00 bits per heavy atom. The Labute approximate surface area is 141 Å². The van der Waals surface area contributed by atoms with Crippen LogP contribution in [0.5, 0.6) is 0 Å². The van der Waals surface area contributed by atoms with Gasteiger partial charge in [-0.3, -0.25) is 9.69 Å². The molecule has 2 aliphatic rings. The van der Waals surface area contributed by atoms with E-state index in [0.717, 1.165) is 19.5 Å². The molecule has 0 aliphatic carbocycles. The van der Waals surface area contributed by atoms with E-state index in [-0.39, 0.29) is 18.1 Å². The number of hydrogen-bond acceptors (Lipinski definition) is 7. The summed E-state index contributed by atoms with van der Waals surface area (Å²) in [7, 11) is 3.52. The zero-order valence-electron chi connectivity index (χ0n) is 14.0. The molecule has 8 nitrogen and oxygen atoms in total. The number of carbonyl (C=O) groups is 1. The van der Waals surface area contributed by atoms with Crippen LogP contribution in [-0.2, 0) is 9.53 Å². The number of nitriles is 1. The van der Waals surface area contributed by atoms with Crippen LogP contribution in [0.3, 0.4) is 0 Å². The molecule has 3 heterocycles. The summed E-state index contributed by atoms with van der Waals surface area (Å²) >= 11 is 0. The Balaban J connectivity index is 1.57. The third-order valence-corrected chi connectivity index (χ3v) is 4.54. The van der Waals surface area contributed by atoms with Gasteiger partial charge in [0.15, 0.2) is 11.5 Å². The zero-order valence-corrected chi connectivity index (χ0v) is 14.0. The first-order valence-corrected chi connectivity index (χ1v) is 8.10. The molecule has 8 heteroatoms. The van der Waals surface area contributed by atoms with Gasteiger partial charge in [-0.15, -0.1) is 0 Å². The number of fused-ring (bicyclic) bond motifs is 1. The lowest BCUT2D eigenvalue weighted by molar-refractivity contribution is -0.134. The second-order valence-electron chi connectivity index (χ2n) is 6.50. The zero-order chi connectivity index (χ0) is 17.1. The molecule has 3 atom stereocenters. The molecule has 1 amide bonds. The van der Waals surface area contributed by atoms with Crippen molar-refractivity contribution in [1.29, 1.82) is 5.26 Å². The van der Waals surface area contributed by atoms with Gasteiger partial charge in [0.05, 0.1) is 19.1 Å². The average molecular weight is 330 g/mol. The number of nitrogens with one attached hydrogen (secondary N) is 1. The number of morpholine rings is 1. The van der Waals surface area contributed by atoms with Gasteiger partial charge in [-0.2, -0.15) is 5.26 Å². The van der Waals surface area contributed by atoms with Gasteiger partial charge in [0.25, 0.3) is 0 Å². The number of aromatic nitrogens is 2. The number of amides is 1. The highest BCUT2D eigenvalue weighted by Crippen LogP contribution is 2.26. The Bertz CT molecular complexity index is 644. The quantitative estimate of drug-likeness (QED) is 0.835. The van der Waals surface area contributed by atoms with Crippen LogP contribution in [0.4, 0.5) is 5.82 Å². The second kappa shape index (κ2) is 7.11. The van der Waals surface area contributed by atoms with Crippen LogP contribution in [-0.4, -0.2) is 77.7 Å². The fourth-order valence-electron chi connectivity index (χ4n) is 3.27. The lowest BCUT2D eigenvalue weighted by Crippen LogP contribution is -2.47. The summed E-state index contributed by atoms with van der Waals surface area (Å²) in [5.41, 5.74) is 0.313. The van der Waals surface area contributed by atoms with Gasteiger partial charge >= 0.3 is 0 Å². The molecule has 1 aromatic heterocycles. The molecule has 0 spiro atoms. The van der Waals surface area contributed by atoms with E-state index >= 15 is 0 Å². The molecule has 24 heavy (non-hydrogen) atoms. The molecule has 0 unspecified atom stereocenters. The number of anilines is 1. The predicted octanol–water partition coefficient (Wildman–Crippen LogP) is 0.0802. The van der Waals surface area contributed by atoms with E-state index in [4.69, 9.17) is 10.00 Å². The molecular weight excluding hydrogens is 308 g/mol. The maximum atomic E-state index is 11.8. The molecule has 0 bridgehead atoms. The third-order valence-electron chi connectivity index (χ3n) is 4.54. The minimum atomic E-state index is -0.0545. The van der Waals surface area contributed by atoms with Gasteiger partial charge in [0.2, 0.25) is 5.91 Å². The summed E-state index contributed by atoms with van der Waals surface area (Å²) < 4.78 is 5.86. The number of hydrogen-bond donors (Lipinski definition) is 1. The van der Waals surface area contributed by atoms with Gasteiger partial charge < -0.3 is 15.0 Å². The third kappa shape index (κ3) is 3.63. The van der Waals surface area contributed by atoms with Crippen LogP contribution in [0.15, 0.2) is 12.4 Å². The number of nitrogens with zero attached hydrogens (tertiary/aromatic N) is 5. The lowest BCUT2D eigenvalue weighted by atomic mass is 10.1. The minimum absolute atomic E-state index is 0.0545. The molecule has 2 fully saturated rings. The summed E-state index contributed by atoms with van der Waals surface area (Å²) in [6, 6.07) is 2.60. The van der Waals surface area contributed by atoms with Crippen molar-refractivity contribution in [3.8, 4) is 6.07 Å². The maximum Gasteiger partial charge on any atom is 0.224 e. The fourth-order valence-corrected chi connectivity index (χ4v) is 3.27. The molecule has 0 radical (unpaired) electrons. The van der Waals surface area contributed by atoms with Crippen molar-refractivity contribution in [1.82, 2.24) is 19.8 Å². The summed E-state index contributed by atoms with van der Waals surface area (Å²) in [6.07, 6.45) is 4.38. The Kier molecular flexibility index (Phi) is 4.92. The van der Waals surface area contributed by atoms with Crippen molar-refractivity contribution in [2.45, 2.75) is 31.0 Å². The van der Waals surface area contributed by atoms with Gasteiger partial charge in [0, 0.05) is 51.7 Å². The van der Waals surface area contributed by atoms with Crippen LogP contribution < -0.4 is 5.32 Å². The van der Waals surface area contributed by atoms with E-state index in [2.05, 4.69) is 26.3 Å². The number of carbonyl (C=O) groups excluding carboxylic acids is 1. The first-order chi connectivity index (χ1) is 11.6. The smallest absolute Gasteiger partial charge is 0.224 e. The minimum Gasteiger partial charge on any atom is -0.375 e. The molecule has 2 saturated heterocycles. The average Bonchev–Trinajstić information content (AvgIpc) is 2.96. The van der Waals surface area contributed by atoms with Crippen molar-refractivity contribution in [3.63, 3.8) is 0 Å². The van der Waals surface area contributed by atoms with Crippen molar-refractivity contribution in [2.24, 2.45) is 0 Å². The Hall–Kier alpha value is -2.24. The number of ether oxygens (including phenoxy) is 1. The highest BCUT2D eigenvalue weighted by molar-refractivity contribution is 5.76. The van der Waals surface area contributed by atoms with Gasteiger partial charge in [0.1, 0.15) is 6.07 Å². The van der Waals surface area contributed by atoms with Gasteiger partial charge in [-0.25, -0.2) is 9.97 Å². The van der Waals surface area contributed by atoms with Crippen LogP contribution >= 0.6 is 0 Å². The van der Waals surface area contributed by atoms with Gasteiger partial charge in [-0.05, 0) is 6.42 Å². The highest BCUT2D eigenvalue weighted by Gasteiger charge is 2.38. The standard InChI is InChI=1S/C16H22N6O2/c1-21(2)15(23)6-13-9-22-8-11(5-12(22)10-24-13)20-16-14(7-17)18-3-4-19-16/h3-4,11-13H,5-6,8-10H2,1-2H3,(H,19,20)/t11-,12+,13+/m1/s1. The molecule has 1 aromatic rings. The summed E-state index contributed by atoms with van der Waals surface area (Å²) in [6.45, 7) is 2.24.